The number of rotatable bonds is 3. The molecule has 2 atom stereocenters. The van der Waals surface area contributed by atoms with E-state index in [0.717, 1.165) is 13.1 Å². The molecule has 1 aromatic carbocycles. The normalized spacial score (nSPS) is 22.9. The van der Waals surface area contributed by atoms with E-state index in [0.29, 0.717) is 12.2 Å². The van der Waals surface area contributed by atoms with Crippen molar-refractivity contribution in [2.24, 2.45) is 0 Å². The van der Waals surface area contributed by atoms with Crippen LogP contribution in [-0.2, 0) is 4.74 Å². The summed E-state index contributed by atoms with van der Waals surface area (Å²) in [7, 11) is 0. The summed E-state index contributed by atoms with van der Waals surface area (Å²) in [6.45, 7) is 6.10. The highest BCUT2D eigenvalue weighted by atomic mass is 35.5. The minimum Gasteiger partial charge on any atom is -0.507 e. The van der Waals surface area contributed by atoms with Crippen LogP contribution in [0.1, 0.15) is 24.2 Å². The van der Waals surface area contributed by atoms with Gasteiger partial charge in [-0.1, -0.05) is 12.1 Å². The van der Waals surface area contributed by atoms with Crippen molar-refractivity contribution in [1.82, 2.24) is 10.2 Å². The van der Waals surface area contributed by atoms with E-state index in [-0.39, 0.29) is 36.3 Å². The number of halogens is 1. The molecule has 2 N–H and O–H groups in total. The third-order valence-corrected chi connectivity index (χ3v) is 3.11. The Hall–Kier alpha value is -1.30. The summed E-state index contributed by atoms with van der Waals surface area (Å²) in [4.78, 5) is 14.1. The summed E-state index contributed by atoms with van der Waals surface area (Å²) < 4.78 is 5.63. The first kappa shape index (κ1) is 16.8. The highest BCUT2D eigenvalue weighted by Gasteiger charge is 2.22. The number of benzene rings is 1. The number of ether oxygens (including phenoxy) is 1. The van der Waals surface area contributed by atoms with Gasteiger partial charge >= 0.3 is 0 Å². The van der Waals surface area contributed by atoms with Crippen LogP contribution < -0.4 is 5.32 Å². The SMILES string of the molecule is CC1CN(CNC(=O)c2ccccc2O)CC(C)O1.Cl. The largest absolute Gasteiger partial charge is 0.507 e. The maximum atomic E-state index is 11.9. The van der Waals surface area contributed by atoms with Crippen molar-refractivity contribution in [3.8, 4) is 5.75 Å². The molecule has 6 heteroatoms. The molecule has 1 amide bonds. The van der Waals surface area contributed by atoms with Crippen LogP contribution in [0.25, 0.3) is 0 Å². The number of carbonyl (C=O) groups excluding carboxylic acids is 1. The molecule has 1 heterocycles. The molecule has 0 aromatic heterocycles. The number of nitrogens with zero attached hydrogens (tertiary/aromatic N) is 1. The number of hydrogen-bond donors (Lipinski definition) is 2. The zero-order valence-electron chi connectivity index (χ0n) is 11.7. The van der Waals surface area contributed by atoms with Gasteiger partial charge in [-0.2, -0.15) is 0 Å². The zero-order chi connectivity index (χ0) is 13.8. The second-order valence-corrected chi connectivity index (χ2v) is 4.97. The van der Waals surface area contributed by atoms with E-state index < -0.39 is 0 Å². The lowest BCUT2D eigenvalue weighted by molar-refractivity contribution is -0.0692. The van der Waals surface area contributed by atoms with Crippen LogP contribution in [0.4, 0.5) is 0 Å². The quantitative estimate of drug-likeness (QED) is 0.890. The summed E-state index contributed by atoms with van der Waals surface area (Å²) in [5.74, 6) is -0.256. The predicted octanol–water partition coefficient (Wildman–Crippen LogP) is 1.61. The molecule has 0 radical (unpaired) electrons. The Morgan fingerprint density at radius 2 is 1.95 bits per heavy atom. The zero-order valence-corrected chi connectivity index (χ0v) is 12.5. The van der Waals surface area contributed by atoms with Crippen molar-refractivity contribution in [3.05, 3.63) is 29.8 Å². The molecular weight excluding hydrogens is 280 g/mol. The summed E-state index contributed by atoms with van der Waals surface area (Å²) in [5, 5.41) is 12.4. The van der Waals surface area contributed by atoms with Gasteiger partial charge in [-0.15, -0.1) is 12.4 Å². The number of carbonyl (C=O) groups is 1. The molecule has 0 aliphatic carbocycles. The van der Waals surface area contributed by atoms with Crippen molar-refractivity contribution in [1.29, 1.82) is 0 Å². The lowest BCUT2D eigenvalue weighted by atomic mass is 10.2. The van der Waals surface area contributed by atoms with Crippen LogP contribution >= 0.6 is 12.4 Å². The average Bonchev–Trinajstić information content (AvgIpc) is 2.35. The number of phenolic OH excluding ortho intramolecular Hbond substituents is 1. The molecule has 112 valence electrons. The van der Waals surface area contributed by atoms with Gasteiger partial charge in [0.15, 0.2) is 0 Å². The van der Waals surface area contributed by atoms with Crippen LogP contribution in [0.2, 0.25) is 0 Å². The van der Waals surface area contributed by atoms with E-state index in [2.05, 4.69) is 10.2 Å². The van der Waals surface area contributed by atoms with Crippen molar-refractivity contribution in [3.63, 3.8) is 0 Å². The lowest BCUT2D eigenvalue weighted by Crippen LogP contribution is -2.49. The fourth-order valence-corrected chi connectivity index (χ4v) is 2.36. The van der Waals surface area contributed by atoms with Gasteiger partial charge < -0.3 is 15.2 Å². The monoisotopic (exact) mass is 300 g/mol. The Balaban J connectivity index is 0.00000200. The number of amides is 1. The second kappa shape index (κ2) is 7.47. The Morgan fingerprint density at radius 1 is 1.35 bits per heavy atom. The van der Waals surface area contributed by atoms with E-state index >= 15 is 0 Å². The molecule has 0 spiro atoms. The molecule has 20 heavy (non-hydrogen) atoms. The number of para-hydroxylation sites is 1. The summed E-state index contributed by atoms with van der Waals surface area (Å²) >= 11 is 0. The first-order valence-corrected chi connectivity index (χ1v) is 6.50. The first-order valence-electron chi connectivity index (χ1n) is 6.50. The summed E-state index contributed by atoms with van der Waals surface area (Å²) in [5.41, 5.74) is 0.303. The standard InChI is InChI=1S/C14H20N2O3.ClH/c1-10-7-16(8-11(2)19-10)9-15-14(18)12-5-3-4-6-13(12)17;/h3-6,10-11,17H,7-9H2,1-2H3,(H,15,18);1H. The van der Waals surface area contributed by atoms with Gasteiger partial charge in [-0.05, 0) is 26.0 Å². The molecule has 0 saturated carbocycles. The van der Waals surface area contributed by atoms with E-state index in [9.17, 15) is 9.90 Å². The van der Waals surface area contributed by atoms with Crippen LogP contribution in [0.5, 0.6) is 5.75 Å². The first-order chi connectivity index (χ1) is 9.06. The molecule has 0 bridgehead atoms. The highest BCUT2D eigenvalue weighted by molar-refractivity contribution is 5.96. The van der Waals surface area contributed by atoms with E-state index in [1.165, 1.54) is 6.07 Å². The molecule has 1 fully saturated rings. The van der Waals surface area contributed by atoms with Crippen molar-refractivity contribution in [2.45, 2.75) is 26.1 Å². The topological polar surface area (TPSA) is 61.8 Å². The van der Waals surface area contributed by atoms with Crippen LogP contribution in [0, 0.1) is 0 Å². The van der Waals surface area contributed by atoms with Crippen molar-refractivity contribution >= 4 is 18.3 Å². The minimum absolute atomic E-state index is 0. The molecule has 5 nitrogen and oxygen atoms in total. The molecule has 2 unspecified atom stereocenters. The number of nitrogens with one attached hydrogen (secondary N) is 1. The van der Waals surface area contributed by atoms with Gasteiger partial charge in [0.05, 0.1) is 24.4 Å². The Morgan fingerprint density at radius 3 is 2.55 bits per heavy atom. The number of morpholine rings is 1. The third-order valence-electron chi connectivity index (χ3n) is 3.11. The van der Waals surface area contributed by atoms with Gasteiger partial charge in [-0.25, -0.2) is 0 Å². The van der Waals surface area contributed by atoms with E-state index in [1.54, 1.807) is 18.2 Å². The van der Waals surface area contributed by atoms with Gasteiger partial charge in [-0.3, -0.25) is 9.69 Å². The molecule has 1 aliphatic heterocycles. The van der Waals surface area contributed by atoms with E-state index in [1.807, 2.05) is 13.8 Å². The molecule has 1 aliphatic rings. The van der Waals surface area contributed by atoms with Crippen LogP contribution in [0.3, 0.4) is 0 Å². The Kier molecular flexibility index (Phi) is 6.26. The maximum Gasteiger partial charge on any atom is 0.256 e. The molecule has 1 saturated heterocycles. The predicted molar refractivity (Wildman–Crippen MR) is 79.3 cm³/mol. The smallest absolute Gasteiger partial charge is 0.256 e. The molecule has 1 aromatic rings. The van der Waals surface area contributed by atoms with Gasteiger partial charge in [0, 0.05) is 13.1 Å². The van der Waals surface area contributed by atoms with Gasteiger partial charge in [0.2, 0.25) is 0 Å². The number of hydrogen-bond acceptors (Lipinski definition) is 4. The van der Waals surface area contributed by atoms with Crippen molar-refractivity contribution in [2.75, 3.05) is 19.8 Å². The highest BCUT2D eigenvalue weighted by Crippen LogP contribution is 2.15. The minimum atomic E-state index is -0.259. The Labute approximate surface area is 125 Å². The fourth-order valence-electron chi connectivity index (χ4n) is 2.36. The van der Waals surface area contributed by atoms with Crippen molar-refractivity contribution < 1.29 is 14.6 Å². The number of phenols is 1. The third kappa shape index (κ3) is 4.37. The second-order valence-electron chi connectivity index (χ2n) is 4.97. The average molecular weight is 301 g/mol. The maximum absolute atomic E-state index is 11.9. The molecule has 2 rings (SSSR count). The fraction of sp³-hybridized carbons (Fsp3) is 0.500. The van der Waals surface area contributed by atoms with E-state index in [4.69, 9.17) is 4.74 Å². The van der Waals surface area contributed by atoms with Gasteiger partial charge in [0.1, 0.15) is 5.75 Å². The summed E-state index contributed by atoms with van der Waals surface area (Å²) in [6, 6.07) is 6.54. The number of aromatic hydroxyl groups is 1. The van der Waals surface area contributed by atoms with Crippen LogP contribution in [0.15, 0.2) is 24.3 Å². The van der Waals surface area contributed by atoms with Crippen LogP contribution in [-0.4, -0.2) is 47.9 Å². The Bertz CT molecular complexity index is 446. The summed E-state index contributed by atoms with van der Waals surface area (Å²) in [6.07, 6.45) is 0.344. The lowest BCUT2D eigenvalue weighted by Gasteiger charge is -2.35. The molecular formula is C14H21ClN2O3. The van der Waals surface area contributed by atoms with Gasteiger partial charge in [0.25, 0.3) is 5.91 Å².